The van der Waals surface area contributed by atoms with Gasteiger partial charge in [-0.15, -0.1) is 0 Å². The molecule has 0 saturated heterocycles. The van der Waals surface area contributed by atoms with Crippen molar-refractivity contribution < 1.29 is 23.8 Å². The first-order valence-electron chi connectivity index (χ1n) is 7.83. The number of Topliss-reactive ketones (excluding diaryl/α,β-unsaturated/α-hetero) is 1. The normalized spacial score (nSPS) is 14.4. The monoisotopic (exact) mass is 339 g/mol. The standard InChI is InChI=1S/C19H17NO5/c1-12(2)24-18(21)11-23-14-3-4-15-16(10-14)25-17(19(15)22)9-13-5-7-20-8-6-13/h3-10,12H,11H2,1-2H3/b17-9-. The number of nitrogens with zero attached hydrogens (tertiary/aromatic N) is 1. The van der Waals surface area contributed by atoms with Crippen LogP contribution >= 0.6 is 0 Å². The molecule has 0 atom stereocenters. The number of esters is 1. The quantitative estimate of drug-likeness (QED) is 0.616. The zero-order chi connectivity index (χ0) is 17.8. The molecule has 6 heteroatoms. The zero-order valence-electron chi connectivity index (χ0n) is 13.9. The van der Waals surface area contributed by atoms with Crippen LogP contribution in [0.1, 0.15) is 29.8 Å². The van der Waals surface area contributed by atoms with Crippen molar-refractivity contribution in [1.82, 2.24) is 4.98 Å². The third-order valence-electron chi connectivity index (χ3n) is 3.37. The van der Waals surface area contributed by atoms with Crippen molar-refractivity contribution in [2.75, 3.05) is 6.61 Å². The Morgan fingerprint density at radius 2 is 2.00 bits per heavy atom. The maximum Gasteiger partial charge on any atom is 0.344 e. The Morgan fingerprint density at radius 3 is 2.72 bits per heavy atom. The lowest BCUT2D eigenvalue weighted by Gasteiger charge is -2.09. The Bertz CT molecular complexity index is 827. The van der Waals surface area contributed by atoms with Gasteiger partial charge in [-0.3, -0.25) is 9.78 Å². The highest BCUT2D eigenvalue weighted by Crippen LogP contribution is 2.34. The SMILES string of the molecule is CC(C)OC(=O)COc1ccc2c(c1)O/C(=C\c1ccncc1)C2=O. The fourth-order valence-electron chi connectivity index (χ4n) is 2.31. The summed E-state index contributed by atoms with van der Waals surface area (Å²) in [6.45, 7) is 3.33. The van der Waals surface area contributed by atoms with Crippen molar-refractivity contribution in [3.05, 3.63) is 59.6 Å². The number of ether oxygens (including phenoxy) is 3. The summed E-state index contributed by atoms with van der Waals surface area (Å²) in [6.07, 6.45) is 4.74. The van der Waals surface area contributed by atoms with Gasteiger partial charge < -0.3 is 14.2 Å². The summed E-state index contributed by atoms with van der Waals surface area (Å²) in [5.74, 6) is 0.415. The van der Waals surface area contributed by atoms with Gasteiger partial charge in [0.15, 0.2) is 12.4 Å². The first-order chi connectivity index (χ1) is 12.0. The average molecular weight is 339 g/mol. The van der Waals surface area contributed by atoms with Gasteiger partial charge in [0.2, 0.25) is 5.78 Å². The molecule has 2 aromatic rings. The van der Waals surface area contributed by atoms with Crippen LogP contribution in [-0.2, 0) is 9.53 Å². The molecule has 0 unspecified atom stereocenters. The summed E-state index contributed by atoms with van der Waals surface area (Å²) in [7, 11) is 0. The predicted octanol–water partition coefficient (Wildman–Crippen LogP) is 3.03. The summed E-state index contributed by atoms with van der Waals surface area (Å²) >= 11 is 0. The molecule has 128 valence electrons. The second-order valence-corrected chi connectivity index (χ2v) is 5.71. The van der Waals surface area contributed by atoms with E-state index in [2.05, 4.69) is 4.98 Å². The van der Waals surface area contributed by atoms with Crippen molar-refractivity contribution in [1.29, 1.82) is 0 Å². The van der Waals surface area contributed by atoms with Gasteiger partial charge in [0.1, 0.15) is 11.5 Å². The molecular formula is C19H17NO5. The predicted molar refractivity (Wildman–Crippen MR) is 90.3 cm³/mol. The third-order valence-corrected chi connectivity index (χ3v) is 3.37. The van der Waals surface area contributed by atoms with E-state index in [0.29, 0.717) is 17.1 Å². The molecule has 1 aromatic heterocycles. The van der Waals surface area contributed by atoms with E-state index in [1.54, 1.807) is 62.6 Å². The molecular weight excluding hydrogens is 322 g/mol. The molecule has 0 fully saturated rings. The maximum absolute atomic E-state index is 12.4. The van der Waals surface area contributed by atoms with Crippen LogP contribution < -0.4 is 9.47 Å². The summed E-state index contributed by atoms with van der Waals surface area (Å²) in [5.41, 5.74) is 1.27. The van der Waals surface area contributed by atoms with Gasteiger partial charge in [-0.05, 0) is 49.8 Å². The number of pyridine rings is 1. The maximum atomic E-state index is 12.4. The molecule has 0 bridgehead atoms. The lowest BCUT2D eigenvalue weighted by atomic mass is 10.1. The van der Waals surface area contributed by atoms with Crippen LogP contribution in [0.3, 0.4) is 0 Å². The van der Waals surface area contributed by atoms with Gasteiger partial charge >= 0.3 is 5.97 Å². The highest BCUT2D eigenvalue weighted by Gasteiger charge is 2.27. The van der Waals surface area contributed by atoms with Gasteiger partial charge in [0, 0.05) is 18.5 Å². The number of allylic oxidation sites excluding steroid dienone is 1. The van der Waals surface area contributed by atoms with Crippen molar-refractivity contribution in [3.63, 3.8) is 0 Å². The number of hydrogen-bond acceptors (Lipinski definition) is 6. The van der Waals surface area contributed by atoms with Gasteiger partial charge in [0.05, 0.1) is 11.7 Å². The first-order valence-corrected chi connectivity index (χ1v) is 7.83. The molecule has 0 aliphatic carbocycles. The van der Waals surface area contributed by atoms with Crippen molar-refractivity contribution in [3.8, 4) is 11.5 Å². The highest BCUT2D eigenvalue weighted by atomic mass is 16.6. The minimum absolute atomic E-state index is 0.196. The van der Waals surface area contributed by atoms with Gasteiger partial charge in [-0.1, -0.05) is 0 Å². The van der Waals surface area contributed by atoms with Crippen LogP contribution in [0.15, 0.2) is 48.5 Å². The lowest BCUT2D eigenvalue weighted by Crippen LogP contribution is -2.18. The molecule has 0 spiro atoms. The van der Waals surface area contributed by atoms with Gasteiger partial charge in [0.25, 0.3) is 0 Å². The summed E-state index contributed by atoms with van der Waals surface area (Å²) in [6, 6.07) is 8.39. The Labute approximate surface area is 145 Å². The zero-order valence-corrected chi connectivity index (χ0v) is 13.9. The average Bonchev–Trinajstić information content (AvgIpc) is 2.89. The van der Waals surface area contributed by atoms with E-state index in [4.69, 9.17) is 14.2 Å². The number of carbonyl (C=O) groups excluding carboxylic acids is 2. The fourth-order valence-corrected chi connectivity index (χ4v) is 2.31. The first kappa shape index (κ1) is 16.7. The third kappa shape index (κ3) is 4.03. The van der Waals surface area contributed by atoms with Crippen LogP contribution in [-0.4, -0.2) is 29.4 Å². The molecule has 3 rings (SSSR count). The molecule has 0 radical (unpaired) electrons. The summed E-state index contributed by atoms with van der Waals surface area (Å²) in [5, 5.41) is 0. The number of rotatable bonds is 5. The van der Waals surface area contributed by atoms with Crippen LogP contribution in [0.5, 0.6) is 11.5 Å². The number of hydrogen-bond donors (Lipinski definition) is 0. The second-order valence-electron chi connectivity index (χ2n) is 5.71. The van der Waals surface area contributed by atoms with E-state index in [9.17, 15) is 9.59 Å². The molecule has 0 N–H and O–H groups in total. The van der Waals surface area contributed by atoms with E-state index in [0.717, 1.165) is 5.56 Å². The van der Waals surface area contributed by atoms with Crippen molar-refractivity contribution in [2.24, 2.45) is 0 Å². The minimum Gasteiger partial charge on any atom is -0.482 e. The Morgan fingerprint density at radius 1 is 1.24 bits per heavy atom. The van der Waals surface area contributed by atoms with Crippen LogP contribution in [0, 0.1) is 0 Å². The smallest absolute Gasteiger partial charge is 0.344 e. The van der Waals surface area contributed by atoms with Gasteiger partial charge in [-0.25, -0.2) is 4.79 Å². The van der Waals surface area contributed by atoms with E-state index in [1.807, 2.05) is 0 Å². The molecule has 1 aliphatic rings. The second kappa shape index (κ2) is 7.17. The number of ketones is 1. The minimum atomic E-state index is -0.453. The number of aromatic nitrogens is 1. The largest absolute Gasteiger partial charge is 0.482 e. The number of carbonyl (C=O) groups is 2. The van der Waals surface area contributed by atoms with E-state index in [1.165, 1.54) is 0 Å². The molecule has 1 aromatic carbocycles. The fraction of sp³-hybridized carbons (Fsp3) is 0.211. The van der Waals surface area contributed by atoms with E-state index < -0.39 is 5.97 Å². The number of fused-ring (bicyclic) bond motifs is 1. The van der Waals surface area contributed by atoms with E-state index in [-0.39, 0.29) is 24.3 Å². The summed E-state index contributed by atoms with van der Waals surface area (Å²) in [4.78, 5) is 27.8. The topological polar surface area (TPSA) is 74.7 Å². The molecule has 0 saturated carbocycles. The molecule has 1 aliphatic heterocycles. The molecule has 6 nitrogen and oxygen atoms in total. The molecule has 0 amide bonds. The van der Waals surface area contributed by atoms with Crippen molar-refractivity contribution in [2.45, 2.75) is 20.0 Å². The van der Waals surface area contributed by atoms with Crippen LogP contribution in [0.4, 0.5) is 0 Å². The van der Waals surface area contributed by atoms with E-state index >= 15 is 0 Å². The number of benzene rings is 1. The van der Waals surface area contributed by atoms with Crippen LogP contribution in [0.25, 0.3) is 6.08 Å². The molecule has 25 heavy (non-hydrogen) atoms. The Kier molecular flexibility index (Phi) is 4.79. The Hall–Kier alpha value is -3.15. The summed E-state index contributed by atoms with van der Waals surface area (Å²) < 4.78 is 16.0. The molecule has 2 heterocycles. The lowest BCUT2D eigenvalue weighted by molar-refractivity contribution is -0.149. The Balaban J connectivity index is 1.71. The van der Waals surface area contributed by atoms with Crippen molar-refractivity contribution >= 4 is 17.8 Å². The van der Waals surface area contributed by atoms with Gasteiger partial charge in [-0.2, -0.15) is 0 Å². The van der Waals surface area contributed by atoms with Crippen LogP contribution in [0.2, 0.25) is 0 Å². The highest BCUT2D eigenvalue weighted by molar-refractivity contribution is 6.14.